The highest BCUT2D eigenvalue weighted by atomic mass is 35.5. The Morgan fingerprint density at radius 1 is 1.03 bits per heavy atom. The molecule has 6 unspecified atom stereocenters. The van der Waals surface area contributed by atoms with E-state index >= 15 is 0 Å². The molecule has 5 rings (SSSR count). The van der Waals surface area contributed by atoms with Gasteiger partial charge in [0.05, 0.1) is 24.0 Å². The zero-order valence-electron chi connectivity index (χ0n) is 18.5. The Bertz CT molecular complexity index is 1220. The van der Waals surface area contributed by atoms with Crippen LogP contribution in [0.1, 0.15) is 24.3 Å². The summed E-state index contributed by atoms with van der Waals surface area (Å²) in [6.45, 7) is 0. The van der Waals surface area contributed by atoms with Gasteiger partial charge in [0, 0.05) is 20.0 Å². The number of rotatable bonds is 2. The van der Waals surface area contributed by atoms with Crippen LogP contribution in [0.3, 0.4) is 0 Å². The number of hydrogen-bond acceptors (Lipinski definition) is 6. The lowest BCUT2D eigenvalue weighted by molar-refractivity contribution is -0.140. The van der Waals surface area contributed by atoms with Crippen LogP contribution < -0.4 is 4.74 Å². The third-order valence-electron chi connectivity index (χ3n) is 7.84. The molecule has 1 aromatic rings. The van der Waals surface area contributed by atoms with Crippen molar-refractivity contribution in [3.05, 3.63) is 34.4 Å². The Labute approximate surface area is 210 Å². The van der Waals surface area contributed by atoms with Crippen molar-refractivity contribution in [2.45, 2.75) is 28.5 Å². The second kappa shape index (κ2) is 7.35. The maximum Gasteiger partial charge on any atom is 0.253 e. The lowest BCUT2D eigenvalue weighted by Gasteiger charge is -2.50. The molecule has 3 fully saturated rings. The van der Waals surface area contributed by atoms with E-state index in [-0.39, 0.29) is 41.2 Å². The van der Waals surface area contributed by atoms with Crippen molar-refractivity contribution in [3.8, 4) is 11.5 Å². The molecule has 0 radical (unpaired) electrons. The molecular formula is C23H21Cl3N2O6. The van der Waals surface area contributed by atoms with E-state index in [4.69, 9.17) is 39.5 Å². The van der Waals surface area contributed by atoms with Gasteiger partial charge in [0.25, 0.3) is 11.8 Å². The molecule has 2 aliphatic heterocycles. The third kappa shape index (κ3) is 2.62. The summed E-state index contributed by atoms with van der Waals surface area (Å²) in [5.41, 5.74) is 1.04. The van der Waals surface area contributed by atoms with Crippen molar-refractivity contribution in [1.82, 2.24) is 9.80 Å². The number of allylic oxidation sites excluding steroid dienone is 2. The van der Waals surface area contributed by atoms with Crippen LogP contribution >= 0.6 is 34.8 Å². The summed E-state index contributed by atoms with van der Waals surface area (Å²) < 4.78 is 5.25. The molecule has 34 heavy (non-hydrogen) atoms. The number of phenolic OH excluding ortho intramolecular Hbond substituents is 1. The zero-order chi connectivity index (χ0) is 24.9. The monoisotopic (exact) mass is 526 g/mol. The van der Waals surface area contributed by atoms with Crippen LogP contribution in [0.5, 0.6) is 11.5 Å². The van der Waals surface area contributed by atoms with Gasteiger partial charge in [-0.1, -0.05) is 23.3 Å². The van der Waals surface area contributed by atoms with Crippen LogP contribution in [0.2, 0.25) is 5.02 Å². The summed E-state index contributed by atoms with van der Waals surface area (Å²) in [4.78, 5) is 50.8. The Hall–Kier alpha value is -2.29. The predicted octanol–water partition coefficient (Wildman–Crippen LogP) is 2.67. The summed E-state index contributed by atoms with van der Waals surface area (Å²) in [6, 6.07) is 2.94. The van der Waals surface area contributed by atoms with Crippen LogP contribution in [0.25, 0.3) is 0 Å². The molecular weight excluding hydrogens is 507 g/mol. The SMILES string of the molecule is COc1cc(C2C3=CCC4C(=O)N(C)C(=O)C4C3CC3(Cl)C(=O)N(C)C(=O)C23Cl)cc(Cl)c1O. The van der Waals surface area contributed by atoms with E-state index in [0.29, 0.717) is 11.1 Å². The van der Waals surface area contributed by atoms with Crippen LogP contribution in [-0.2, 0) is 19.2 Å². The Kier molecular flexibility index (Phi) is 5.07. The van der Waals surface area contributed by atoms with Gasteiger partial charge in [-0.05, 0) is 36.5 Å². The number of alkyl halides is 2. The quantitative estimate of drug-likeness (QED) is 0.360. The van der Waals surface area contributed by atoms with Gasteiger partial charge < -0.3 is 9.84 Å². The molecule has 0 spiro atoms. The number of ether oxygens (including phenoxy) is 1. The first-order chi connectivity index (χ1) is 15.9. The number of carbonyl (C=O) groups is 4. The molecule has 4 amide bonds. The summed E-state index contributed by atoms with van der Waals surface area (Å²) in [7, 11) is 4.10. The van der Waals surface area contributed by atoms with Gasteiger partial charge in [-0.15, -0.1) is 23.2 Å². The van der Waals surface area contributed by atoms with E-state index in [9.17, 15) is 24.3 Å². The van der Waals surface area contributed by atoms with Gasteiger partial charge in [-0.3, -0.25) is 29.0 Å². The predicted molar refractivity (Wildman–Crippen MR) is 123 cm³/mol. The van der Waals surface area contributed by atoms with Crippen molar-refractivity contribution in [1.29, 1.82) is 0 Å². The molecule has 0 bridgehead atoms. The molecule has 1 saturated carbocycles. The second-order valence-corrected chi connectivity index (χ2v) is 10.9. The third-order valence-corrected chi connectivity index (χ3v) is 9.54. The second-order valence-electron chi connectivity index (χ2n) is 9.29. The molecule has 1 aromatic carbocycles. The van der Waals surface area contributed by atoms with E-state index < -0.39 is 45.2 Å². The number of phenols is 1. The van der Waals surface area contributed by atoms with Crippen LogP contribution in [-0.4, -0.2) is 69.5 Å². The number of imide groups is 2. The summed E-state index contributed by atoms with van der Waals surface area (Å²) >= 11 is 20.4. The fourth-order valence-electron chi connectivity index (χ4n) is 6.19. The summed E-state index contributed by atoms with van der Waals surface area (Å²) in [5, 5.41) is 10.2. The Balaban J connectivity index is 1.78. The van der Waals surface area contributed by atoms with Crippen molar-refractivity contribution >= 4 is 58.4 Å². The average Bonchev–Trinajstić information content (AvgIpc) is 3.10. The molecule has 180 valence electrons. The van der Waals surface area contributed by atoms with Crippen molar-refractivity contribution in [2.24, 2.45) is 17.8 Å². The lowest BCUT2D eigenvalue weighted by Crippen LogP contribution is -2.60. The molecule has 2 aliphatic carbocycles. The normalized spacial score (nSPS) is 36.9. The highest BCUT2D eigenvalue weighted by molar-refractivity contribution is 6.53. The van der Waals surface area contributed by atoms with Crippen molar-refractivity contribution in [2.75, 3.05) is 21.2 Å². The van der Waals surface area contributed by atoms with Crippen molar-refractivity contribution in [3.63, 3.8) is 0 Å². The van der Waals surface area contributed by atoms with Gasteiger partial charge >= 0.3 is 0 Å². The van der Waals surface area contributed by atoms with E-state index in [0.717, 1.165) is 9.80 Å². The van der Waals surface area contributed by atoms with E-state index in [2.05, 4.69) is 0 Å². The first-order valence-corrected chi connectivity index (χ1v) is 11.8. The van der Waals surface area contributed by atoms with Crippen LogP contribution in [0.4, 0.5) is 0 Å². The largest absolute Gasteiger partial charge is 0.503 e. The summed E-state index contributed by atoms with van der Waals surface area (Å²) in [6.07, 6.45) is 2.03. The maximum atomic E-state index is 13.5. The summed E-state index contributed by atoms with van der Waals surface area (Å²) in [5.74, 6) is -5.06. The zero-order valence-corrected chi connectivity index (χ0v) is 20.7. The topological polar surface area (TPSA) is 104 Å². The highest BCUT2D eigenvalue weighted by Gasteiger charge is 2.75. The van der Waals surface area contributed by atoms with E-state index in [1.165, 1.54) is 33.3 Å². The minimum Gasteiger partial charge on any atom is -0.503 e. The molecule has 1 N–H and O–H groups in total. The van der Waals surface area contributed by atoms with Crippen molar-refractivity contribution < 1.29 is 29.0 Å². The van der Waals surface area contributed by atoms with Gasteiger partial charge in [-0.2, -0.15) is 0 Å². The number of halogens is 3. The number of hydrogen-bond donors (Lipinski definition) is 1. The Morgan fingerprint density at radius 3 is 2.35 bits per heavy atom. The molecule has 11 heteroatoms. The van der Waals surface area contributed by atoms with E-state index in [1.807, 2.05) is 6.08 Å². The number of benzene rings is 1. The number of fused-ring (bicyclic) bond motifs is 4. The van der Waals surface area contributed by atoms with Crippen LogP contribution in [0.15, 0.2) is 23.8 Å². The number of carbonyl (C=O) groups excluding carboxylic acids is 4. The smallest absolute Gasteiger partial charge is 0.253 e. The number of nitrogens with zero attached hydrogens (tertiary/aromatic N) is 2. The van der Waals surface area contributed by atoms with E-state index in [1.54, 1.807) is 0 Å². The standard InChI is InChI=1S/C23H21Cl3N2O6/c1-27-18(30)11-5-4-10-12(15(11)19(27)31)8-22(25)20(32)28(2)21(33)23(22,26)16(10)9-6-13(24)17(29)14(7-9)34-3/h4,6-7,11-12,15-16,29H,5,8H2,1-3H3. The molecule has 4 aliphatic rings. The first-order valence-electron chi connectivity index (χ1n) is 10.7. The fraction of sp³-hybridized carbons (Fsp3) is 0.478. The number of likely N-dealkylation sites (tertiary alicyclic amines) is 2. The number of amides is 4. The first kappa shape index (κ1) is 23.5. The molecule has 6 atom stereocenters. The lowest BCUT2D eigenvalue weighted by atomic mass is 9.56. The number of aromatic hydroxyl groups is 1. The average molecular weight is 528 g/mol. The van der Waals surface area contributed by atoms with Gasteiger partial charge in [0.1, 0.15) is 0 Å². The highest BCUT2D eigenvalue weighted by Crippen LogP contribution is 2.65. The van der Waals surface area contributed by atoms with Gasteiger partial charge in [0.2, 0.25) is 11.8 Å². The van der Waals surface area contributed by atoms with Crippen LogP contribution in [0, 0.1) is 17.8 Å². The van der Waals surface area contributed by atoms with Gasteiger partial charge in [-0.25, -0.2) is 0 Å². The van der Waals surface area contributed by atoms with Gasteiger partial charge in [0.15, 0.2) is 21.2 Å². The molecule has 2 saturated heterocycles. The minimum atomic E-state index is -1.92. The Morgan fingerprint density at radius 2 is 1.71 bits per heavy atom. The molecule has 2 heterocycles. The number of methoxy groups -OCH3 is 1. The minimum absolute atomic E-state index is 0.0387. The maximum absolute atomic E-state index is 13.5. The fourth-order valence-corrected chi connectivity index (χ4v) is 7.43. The molecule has 8 nitrogen and oxygen atoms in total. The molecule has 0 aromatic heterocycles.